The number of piperidine rings is 1. The SMILES string of the molecule is Cc1ccc([C@H]2CN(C(=O)CC(C)C)C[C@@H]2CN2CCCCC2)cc1. The van der Waals surface area contributed by atoms with E-state index in [9.17, 15) is 4.79 Å². The Morgan fingerprint density at radius 3 is 2.40 bits per heavy atom. The third kappa shape index (κ3) is 4.84. The zero-order valence-corrected chi connectivity index (χ0v) is 16.2. The number of carbonyl (C=O) groups is 1. The fourth-order valence-electron chi connectivity index (χ4n) is 4.40. The summed E-state index contributed by atoms with van der Waals surface area (Å²) >= 11 is 0. The van der Waals surface area contributed by atoms with Crippen molar-refractivity contribution in [2.45, 2.75) is 52.4 Å². The van der Waals surface area contributed by atoms with E-state index in [0.29, 0.717) is 30.1 Å². The molecule has 1 aromatic rings. The normalized spacial score (nSPS) is 24.9. The molecule has 2 fully saturated rings. The van der Waals surface area contributed by atoms with Crippen LogP contribution in [0.1, 0.15) is 56.6 Å². The Bertz CT molecular complexity index is 560. The summed E-state index contributed by atoms with van der Waals surface area (Å²) in [6, 6.07) is 8.98. The van der Waals surface area contributed by atoms with E-state index < -0.39 is 0 Å². The number of likely N-dealkylation sites (tertiary alicyclic amines) is 2. The molecule has 2 heterocycles. The van der Waals surface area contributed by atoms with Crippen LogP contribution in [-0.2, 0) is 4.79 Å². The van der Waals surface area contributed by atoms with Crippen molar-refractivity contribution >= 4 is 5.91 Å². The van der Waals surface area contributed by atoms with Gasteiger partial charge in [-0.15, -0.1) is 0 Å². The summed E-state index contributed by atoms with van der Waals surface area (Å²) < 4.78 is 0. The maximum absolute atomic E-state index is 12.6. The van der Waals surface area contributed by atoms with Crippen LogP contribution in [0.3, 0.4) is 0 Å². The first-order chi connectivity index (χ1) is 12.0. The van der Waals surface area contributed by atoms with Crippen LogP contribution < -0.4 is 0 Å². The van der Waals surface area contributed by atoms with Gasteiger partial charge in [0.15, 0.2) is 0 Å². The van der Waals surface area contributed by atoms with Crippen LogP contribution in [0.4, 0.5) is 0 Å². The van der Waals surface area contributed by atoms with Crippen LogP contribution in [0.5, 0.6) is 0 Å². The van der Waals surface area contributed by atoms with Crippen molar-refractivity contribution < 1.29 is 4.79 Å². The van der Waals surface area contributed by atoms with E-state index in [4.69, 9.17) is 0 Å². The minimum absolute atomic E-state index is 0.341. The number of carbonyl (C=O) groups excluding carboxylic acids is 1. The Morgan fingerprint density at radius 1 is 1.08 bits per heavy atom. The quantitative estimate of drug-likeness (QED) is 0.805. The summed E-state index contributed by atoms with van der Waals surface area (Å²) in [4.78, 5) is 17.4. The van der Waals surface area contributed by atoms with Crippen LogP contribution >= 0.6 is 0 Å². The molecule has 0 N–H and O–H groups in total. The maximum atomic E-state index is 12.6. The molecular formula is C22H34N2O. The highest BCUT2D eigenvalue weighted by molar-refractivity contribution is 5.76. The van der Waals surface area contributed by atoms with Crippen LogP contribution in [-0.4, -0.2) is 48.4 Å². The molecule has 0 radical (unpaired) electrons. The number of aryl methyl sites for hydroxylation is 1. The Balaban J connectivity index is 1.73. The van der Waals surface area contributed by atoms with Crippen LogP contribution in [0.25, 0.3) is 0 Å². The number of hydrogen-bond acceptors (Lipinski definition) is 2. The third-order valence-electron chi connectivity index (χ3n) is 5.82. The summed E-state index contributed by atoms with van der Waals surface area (Å²) in [6.07, 6.45) is 4.72. The van der Waals surface area contributed by atoms with Gasteiger partial charge in [-0.1, -0.05) is 50.1 Å². The summed E-state index contributed by atoms with van der Waals surface area (Å²) in [5.74, 6) is 1.83. The van der Waals surface area contributed by atoms with Crippen LogP contribution in [0.15, 0.2) is 24.3 Å². The Kier molecular flexibility index (Phi) is 6.16. The minimum Gasteiger partial charge on any atom is -0.342 e. The number of amides is 1. The average Bonchev–Trinajstić information content (AvgIpc) is 3.00. The molecule has 1 aromatic carbocycles. The van der Waals surface area contributed by atoms with E-state index in [2.05, 4.69) is 54.8 Å². The molecule has 3 heteroatoms. The summed E-state index contributed by atoms with van der Waals surface area (Å²) in [6.45, 7) is 11.8. The van der Waals surface area contributed by atoms with Crippen molar-refractivity contribution in [2.24, 2.45) is 11.8 Å². The molecule has 0 bridgehead atoms. The summed E-state index contributed by atoms with van der Waals surface area (Å²) in [5.41, 5.74) is 2.72. The van der Waals surface area contributed by atoms with Gasteiger partial charge in [0.05, 0.1) is 0 Å². The molecule has 25 heavy (non-hydrogen) atoms. The molecule has 0 aliphatic carbocycles. The zero-order valence-electron chi connectivity index (χ0n) is 16.2. The van der Waals surface area contributed by atoms with Crippen molar-refractivity contribution in [1.82, 2.24) is 9.80 Å². The number of hydrogen-bond donors (Lipinski definition) is 0. The molecule has 3 rings (SSSR count). The van der Waals surface area contributed by atoms with Crippen molar-refractivity contribution in [2.75, 3.05) is 32.7 Å². The van der Waals surface area contributed by atoms with Crippen LogP contribution in [0, 0.1) is 18.8 Å². The second-order valence-electron chi connectivity index (χ2n) is 8.54. The fraction of sp³-hybridized carbons (Fsp3) is 0.682. The lowest BCUT2D eigenvalue weighted by Crippen LogP contribution is -2.37. The molecule has 2 atom stereocenters. The van der Waals surface area contributed by atoms with Gasteiger partial charge in [0.25, 0.3) is 0 Å². The first-order valence-electron chi connectivity index (χ1n) is 10.1. The third-order valence-corrected chi connectivity index (χ3v) is 5.82. The van der Waals surface area contributed by atoms with Crippen molar-refractivity contribution in [3.63, 3.8) is 0 Å². The molecule has 138 valence electrons. The average molecular weight is 343 g/mol. The minimum atomic E-state index is 0.341. The van der Waals surface area contributed by atoms with Gasteiger partial charge in [-0.2, -0.15) is 0 Å². The van der Waals surface area contributed by atoms with Crippen LogP contribution in [0.2, 0.25) is 0 Å². The molecule has 0 spiro atoms. The maximum Gasteiger partial charge on any atom is 0.222 e. The number of benzene rings is 1. The molecule has 2 saturated heterocycles. The second-order valence-corrected chi connectivity index (χ2v) is 8.54. The van der Waals surface area contributed by atoms with Gasteiger partial charge in [0.1, 0.15) is 0 Å². The van der Waals surface area contributed by atoms with E-state index in [0.717, 1.165) is 19.6 Å². The summed E-state index contributed by atoms with van der Waals surface area (Å²) in [7, 11) is 0. The molecule has 0 aromatic heterocycles. The molecule has 0 unspecified atom stereocenters. The standard InChI is InChI=1S/C22H34N2O/c1-17(2)13-22(25)24-15-20(14-23-11-5-4-6-12-23)21(16-24)19-9-7-18(3)8-10-19/h7-10,17,20-21H,4-6,11-16H2,1-3H3/t20-,21+/m0/s1. The monoisotopic (exact) mass is 342 g/mol. The highest BCUT2D eigenvalue weighted by Gasteiger charge is 2.37. The Labute approximate surface area is 153 Å². The summed E-state index contributed by atoms with van der Waals surface area (Å²) in [5, 5.41) is 0. The smallest absolute Gasteiger partial charge is 0.222 e. The van der Waals surface area contributed by atoms with Gasteiger partial charge in [0.2, 0.25) is 5.91 Å². The van der Waals surface area contributed by atoms with Crippen molar-refractivity contribution in [3.05, 3.63) is 35.4 Å². The fourth-order valence-corrected chi connectivity index (χ4v) is 4.40. The van der Waals surface area contributed by atoms with E-state index >= 15 is 0 Å². The first kappa shape index (κ1) is 18.4. The number of rotatable bonds is 5. The van der Waals surface area contributed by atoms with E-state index in [-0.39, 0.29) is 0 Å². The molecule has 0 saturated carbocycles. The molecule has 2 aliphatic heterocycles. The second kappa shape index (κ2) is 8.35. The predicted octanol–water partition coefficient (Wildman–Crippen LogP) is 4.07. The van der Waals surface area contributed by atoms with E-state index in [1.807, 2.05) is 0 Å². The lowest BCUT2D eigenvalue weighted by molar-refractivity contribution is -0.131. The van der Waals surface area contributed by atoms with Gasteiger partial charge >= 0.3 is 0 Å². The lowest BCUT2D eigenvalue weighted by atomic mass is 9.88. The van der Waals surface area contributed by atoms with Gasteiger partial charge in [-0.05, 0) is 50.3 Å². The zero-order chi connectivity index (χ0) is 17.8. The van der Waals surface area contributed by atoms with Gasteiger partial charge < -0.3 is 9.80 Å². The highest BCUT2D eigenvalue weighted by atomic mass is 16.2. The van der Waals surface area contributed by atoms with Gasteiger partial charge in [-0.3, -0.25) is 4.79 Å². The Morgan fingerprint density at radius 2 is 1.76 bits per heavy atom. The first-order valence-corrected chi connectivity index (χ1v) is 10.1. The Hall–Kier alpha value is -1.35. The van der Waals surface area contributed by atoms with Crippen molar-refractivity contribution in [1.29, 1.82) is 0 Å². The topological polar surface area (TPSA) is 23.6 Å². The highest BCUT2D eigenvalue weighted by Crippen LogP contribution is 2.34. The molecule has 1 amide bonds. The molecule has 2 aliphatic rings. The van der Waals surface area contributed by atoms with Gasteiger partial charge in [0, 0.05) is 32.0 Å². The molecule has 3 nitrogen and oxygen atoms in total. The van der Waals surface area contributed by atoms with E-state index in [1.165, 1.54) is 43.5 Å². The molecular weight excluding hydrogens is 308 g/mol. The lowest BCUT2D eigenvalue weighted by Gasteiger charge is -2.31. The van der Waals surface area contributed by atoms with E-state index in [1.54, 1.807) is 0 Å². The van der Waals surface area contributed by atoms with Gasteiger partial charge in [-0.25, -0.2) is 0 Å². The largest absolute Gasteiger partial charge is 0.342 e. The van der Waals surface area contributed by atoms with Crippen molar-refractivity contribution in [3.8, 4) is 0 Å². The number of nitrogens with zero attached hydrogens (tertiary/aromatic N) is 2. The predicted molar refractivity (Wildman–Crippen MR) is 104 cm³/mol.